The molecule has 1 fully saturated rings. The summed E-state index contributed by atoms with van der Waals surface area (Å²) in [5.41, 5.74) is 2.71. The lowest BCUT2D eigenvalue weighted by molar-refractivity contribution is -0.206. The van der Waals surface area contributed by atoms with Gasteiger partial charge in [-0.1, -0.05) is 44.2 Å². The Morgan fingerprint density at radius 3 is 2.57 bits per heavy atom. The van der Waals surface area contributed by atoms with Gasteiger partial charge in [0.05, 0.1) is 12.7 Å². The summed E-state index contributed by atoms with van der Waals surface area (Å²) in [4.78, 5) is 27.0. The highest BCUT2D eigenvalue weighted by molar-refractivity contribution is 5.70. The van der Waals surface area contributed by atoms with Crippen molar-refractivity contribution in [2.45, 2.75) is 65.8 Å². The lowest BCUT2D eigenvalue weighted by Crippen LogP contribution is -2.56. The minimum absolute atomic E-state index is 0.0392. The third kappa shape index (κ3) is 4.47. The Morgan fingerprint density at radius 2 is 1.93 bits per heavy atom. The summed E-state index contributed by atoms with van der Waals surface area (Å²) < 4.78 is 11.7. The zero-order chi connectivity index (χ0) is 21.9. The number of nitrogens with one attached hydrogen (secondary N) is 1. The van der Waals surface area contributed by atoms with Crippen LogP contribution in [0.3, 0.4) is 0 Å². The summed E-state index contributed by atoms with van der Waals surface area (Å²) in [6.07, 6.45) is 1.15. The standard InChI is InChI=1S/C24H28N2O4/c1-15-18(16(2)26-23(28)19(15)13-25)10-11-22(27)30-21-12-20(24(21,3)4)29-14-17-8-6-5-7-9-17/h5-9,20-21H,10-12,14H2,1-4H3,(H,26,28)/t20-,21-/m1/s1. The van der Waals surface area contributed by atoms with Gasteiger partial charge in [-0.2, -0.15) is 5.26 Å². The van der Waals surface area contributed by atoms with Crippen LogP contribution in [0.1, 0.15) is 54.6 Å². The van der Waals surface area contributed by atoms with E-state index >= 15 is 0 Å². The van der Waals surface area contributed by atoms with Gasteiger partial charge in [0.1, 0.15) is 17.7 Å². The van der Waals surface area contributed by atoms with Gasteiger partial charge in [-0.15, -0.1) is 0 Å². The van der Waals surface area contributed by atoms with Crippen molar-refractivity contribution in [1.82, 2.24) is 4.98 Å². The van der Waals surface area contributed by atoms with E-state index < -0.39 is 5.56 Å². The highest BCUT2D eigenvalue weighted by Gasteiger charge is 2.51. The van der Waals surface area contributed by atoms with Crippen molar-refractivity contribution in [2.24, 2.45) is 5.41 Å². The minimum atomic E-state index is -0.392. The van der Waals surface area contributed by atoms with Crippen molar-refractivity contribution >= 4 is 5.97 Å². The number of ether oxygens (including phenoxy) is 2. The van der Waals surface area contributed by atoms with E-state index in [0.717, 1.165) is 11.1 Å². The van der Waals surface area contributed by atoms with Crippen LogP contribution in [0.15, 0.2) is 35.1 Å². The Kier molecular flexibility index (Phi) is 6.42. The highest BCUT2D eigenvalue weighted by atomic mass is 16.6. The van der Waals surface area contributed by atoms with E-state index in [9.17, 15) is 14.9 Å². The first-order chi connectivity index (χ1) is 14.2. The summed E-state index contributed by atoms with van der Waals surface area (Å²) in [6.45, 7) is 8.17. The van der Waals surface area contributed by atoms with Crippen molar-refractivity contribution in [3.63, 3.8) is 0 Å². The first kappa shape index (κ1) is 21.8. The lowest BCUT2D eigenvalue weighted by Gasteiger charge is -2.50. The first-order valence-electron chi connectivity index (χ1n) is 10.2. The summed E-state index contributed by atoms with van der Waals surface area (Å²) >= 11 is 0. The molecule has 1 heterocycles. The average Bonchev–Trinajstić information content (AvgIpc) is 2.70. The van der Waals surface area contributed by atoms with Gasteiger partial charge in [0, 0.05) is 24.0 Å². The number of aromatic nitrogens is 1. The zero-order valence-electron chi connectivity index (χ0n) is 18.0. The fourth-order valence-electron chi connectivity index (χ4n) is 3.97. The van der Waals surface area contributed by atoms with Crippen LogP contribution in [0.2, 0.25) is 0 Å². The molecular formula is C24H28N2O4. The Morgan fingerprint density at radius 1 is 1.23 bits per heavy atom. The second-order valence-corrected chi connectivity index (χ2v) is 8.49. The number of benzene rings is 1. The summed E-state index contributed by atoms with van der Waals surface area (Å²) in [6, 6.07) is 11.9. The van der Waals surface area contributed by atoms with E-state index in [2.05, 4.69) is 18.8 Å². The van der Waals surface area contributed by atoms with Crippen LogP contribution < -0.4 is 5.56 Å². The SMILES string of the molecule is Cc1[nH]c(=O)c(C#N)c(C)c1CCC(=O)O[C@@H]1C[C@@H](OCc2ccccc2)C1(C)C. The molecule has 2 aromatic rings. The number of aryl methyl sites for hydroxylation is 1. The molecule has 0 radical (unpaired) electrons. The molecule has 3 rings (SSSR count). The van der Waals surface area contributed by atoms with Crippen LogP contribution >= 0.6 is 0 Å². The quantitative estimate of drug-likeness (QED) is 0.705. The fraction of sp³-hybridized carbons (Fsp3) is 0.458. The Labute approximate surface area is 176 Å². The van der Waals surface area contributed by atoms with Gasteiger partial charge in [-0.3, -0.25) is 9.59 Å². The van der Waals surface area contributed by atoms with E-state index in [-0.39, 0.29) is 35.6 Å². The normalized spacial score (nSPS) is 19.6. The summed E-state index contributed by atoms with van der Waals surface area (Å²) in [5.74, 6) is -0.280. The minimum Gasteiger partial charge on any atom is -0.462 e. The van der Waals surface area contributed by atoms with Crippen molar-refractivity contribution < 1.29 is 14.3 Å². The van der Waals surface area contributed by atoms with Gasteiger partial charge >= 0.3 is 5.97 Å². The molecule has 0 spiro atoms. The number of pyridine rings is 1. The molecule has 0 unspecified atom stereocenters. The van der Waals surface area contributed by atoms with Gasteiger partial charge in [-0.25, -0.2) is 0 Å². The molecule has 158 valence electrons. The Hall–Kier alpha value is -2.91. The molecule has 0 saturated heterocycles. The molecule has 30 heavy (non-hydrogen) atoms. The van der Waals surface area contributed by atoms with Crippen LogP contribution in [0.25, 0.3) is 0 Å². The van der Waals surface area contributed by atoms with E-state index in [1.54, 1.807) is 13.8 Å². The number of carbonyl (C=O) groups is 1. The molecule has 6 heteroatoms. The summed E-state index contributed by atoms with van der Waals surface area (Å²) in [7, 11) is 0. The van der Waals surface area contributed by atoms with Crippen molar-refractivity contribution in [2.75, 3.05) is 0 Å². The predicted octanol–water partition coefficient (Wildman–Crippen LogP) is 3.72. The van der Waals surface area contributed by atoms with Crippen molar-refractivity contribution in [3.8, 4) is 6.07 Å². The van der Waals surface area contributed by atoms with E-state index in [4.69, 9.17) is 9.47 Å². The fourth-order valence-corrected chi connectivity index (χ4v) is 3.97. The molecule has 1 aromatic carbocycles. The smallest absolute Gasteiger partial charge is 0.306 e. The molecule has 2 atom stereocenters. The van der Waals surface area contributed by atoms with Gasteiger partial charge < -0.3 is 14.5 Å². The molecule has 0 amide bonds. The van der Waals surface area contributed by atoms with E-state index in [0.29, 0.717) is 30.7 Å². The number of hydrogen-bond acceptors (Lipinski definition) is 5. The lowest BCUT2D eigenvalue weighted by atomic mass is 9.66. The Bertz CT molecular complexity index is 1020. The molecule has 6 nitrogen and oxygen atoms in total. The number of nitrogens with zero attached hydrogens (tertiary/aromatic N) is 1. The third-order valence-corrected chi connectivity index (χ3v) is 6.15. The Balaban J connectivity index is 1.53. The number of hydrogen-bond donors (Lipinski definition) is 1. The summed E-state index contributed by atoms with van der Waals surface area (Å²) in [5, 5.41) is 9.18. The number of rotatable bonds is 7. The van der Waals surface area contributed by atoms with E-state index in [1.807, 2.05) is 36.4 Å². The van der Waals surface area contributed by atoms with Crippen LogP contribution in [-0.4, -0.2) is 23.2 Å². The zero-order valence-corrected chi connectivity index (χ0v) is 18.0. The largest absolute Gasteiger partial charge is 0.462 e. The first-order valence-corrected chi connectivity index (χ1v) is 10.2. The van der Waals surface area contributed by atoms with E-state index in [1.165, 1.54) is 0 Å². The van der Waals surface area contributed by atoms with Gasteiger partial charge in [0.15, 0.2) is 0 Å². The van der Waals surface area contributed by atoms with Gasteiger partial charge in [0.25, 0.3) is 5.56 Å². The van der Waals surface area contributed by atoms with Crippen LogP contribution in [0.5, 0.6) is 0 Å². The van der Waals surface area contributed by atoms with Gasteiger partial charge in [-0.05, 0) is 37.0 Å². The highest BCUT2D eigenvalue weighted by Crippen LogP contribution is 2.45. The van der Waals surface area contributed by atoms with Crippen LogP contribution in [-0.2, 0) is 27.3 Å². The van der Waals surface area contributed by atoms with Crippen molar-refractivity contribution in [3.05, 3.63) is 68.6 Å². The second-order valence-electron chi connectivity index (χ2n) is 8.49. The van der Waals surface area contributed by atoms with Gasteiger partial charge in [0.2, 0.25) is 0 Å². The number of esters is 1. The molecule has 0 bridgehead atoms. The second kappa shape index (κ2) is 8.85. The molecular weight excluding hydrogens is 380 g/mol. The molecule has 1 aromatic heterocycles. The molecule has 1 aliphatic rings. The monoisotopic (exact) mass is 408 g/mol. The van der Waals surface area contributed by atoms with Crippen LogP contribution in [0, 0.1) is 30.6 Å². The molecule has 1 aliphatic carbocycles. The molecule has 1 N–H and O–H groups in total. The topological polar surface area (TPSA) is 92.2 Å². The van der Waals surface area contributed by atoms with Crippen molar-refractivity contribution in [1.29, 1.82) is 5.26 Å². The third-order valence-electron chi connectivity index (χ3n) is 6.15. The maximum Gasteiger partial charge on any atom is 0.306 e. The number of aromatic amines is 1. The predicted molar refractivity (Wildman–Crippen MR) is 113 cm³/mol. The van der Waals surface area contributed by atoms with Crippen LogP contribution in [0.4, 0.5) is 0 Å². The maximum atomic E-state index is 12.4. The number of H-pyrrole nitrogens is 1. The number of nitriles is 1. The molecule has 0 aliphatic heterocycles. The average molecular weight is 408 g/mol. The number of carbonyl (C=O) groups excluding carboxylic acids is 1. The maximum absolute atomic E-state index is 12.4. The molecule has 1 saturated carbocycles.